The predicted octanol–water partition coefficient (Wildman–Crippen LogP) is 2.49. The van der Waals surface area contributed by atoms with E-state index in [2.05, 4.69) is 39.4 Å². The van der Waals surface area contributed by atoms with Gasteiger partial charge in [-0.2, -0.15) is 0 Å². The number of nitrogens with zero attached hydrogens (tertiary/aromatic N) is 2. The molecule has 0 aliphatic rings. The molecule has 3 N–H and O–H groups in total. The van der Waals surface area contributed by atoms with E-state index in [1.165, 1.54) is 7.05 Å². The summed E-state index contributed by atoms with van der Waals surface area (Å²) >= 11 is 0. The highest BCUT2D eigenvalue weighted by Crippen LogP contribution is 2.22. The third-order valence-corrected chi connectivity index (χ3v) is 6.09. The zero-order valence-electron chi connectivity index (χ0n) is 17.5. The minimum atomic E-state index is -3.30. The molecule has 0 unspecified atom stereocenters. The number of hydrogen-bond acceptors (Lipinski definition) is 5. The third-order valence-electron chi connectivity index (χ3n) is 4.75. The minimum absolute atomic E-state index is 0.0470. The zero-order chi connectivity index (χ0) is 21.3. The molecule has 29 heavy (non-hydrogen) atoms. The monoisotopic (exact) mass is 421 g/mol. The van der Waals surface area contributed by atoms with Gasteiger partial charge in [0.25, 0.3) is 0 Å². The van der Waals surface area contributed by atoms with E-state index < -0.39 is 10.0 Å². The second-order valence-electron chi connectivity index (χ2n) is 6.79. The first-order valence-electron chi connectivity index (χ1n) is 9.79. The summed E-state index contributed by atoms with van der Waals surface area (Å²) in [5.74, 6) is 1.76. The van der Waals surface area contributed by atoms with E-state index in [9.17, 15) is 8.42 Å². The second-order valence-corrected chi connectivity index (χ2v) is 8.72. The van der Waals surface area contributed by atoms with E-state index in [4.69, 9.17) is 4.52 Å². The van der Waals surface area contributed by atoms with Crippen molar-refractivity contribution in [2.45, 2.75) is 51.4 Å². The molecule has 0 fully saturated rings. The first-order chi connectivity index (χ1) is 13.9. The molecule has 0 bridgehead atoms. The molecule has 8 nitrogen and oxygen atoms in total. The molecule has 1 heterocycles. The van der Waals surface area contributed by atoms with Gasteiger partial charge in [-0.1, -0.05) is 43.3 Å². The number of sulfonamides is 1. The molecular weight excluding hydrogens is 390 g/mol. The van der Waals surface area contributed by atoms with Crippen molar-refractivity contribution >= 4 is 16.0 Å². The minimum Gasteiger partial charge on any atom is -0.359 e. The van der Waals surface area contributed by atoms with Crippen LogP contribution in [0.15, 0.2) is 39.8 Å². The molecule has 0 aliphatic carbocycles. The summed E-state index contributed by atoms with van der Waals surface area (Å²) in [5.41, 5.74) is 2.69. The Balaban J connectivity index is 1.90. The van der Waals surface area contributed by atoms with Crippen molar-refractivity contribution in [2.75, 3.05) is 14.1 Å². The summed E-state index contributed by atoms with van der Waals surface area (Å²) < 4.78 is 31.2. The smallest absolute Gasteiger partial charge is 0.215 e. The molecule has 0 amide bonds. The number of aliphatic imine (C=N–C) groups is 1. The van der Waals surface area contributed by atoms with Crippen molar-refractivity contribution in [1.29, 1.82) is 0 Å². The van der Waals surface area contributed by atoms with E-state index in [0.717, 1.165) is 35.4 Å². The van der Waals surface area contributed by atoms with Gasteiger partial charge < -0.3 is 15.2 Å². The maximum absolute atomic E-state index is 11.7. The van der Waals surface area contributed by atoms with Gasteiger partial charge in [0.2, 0.25) is 10.0 Å². The normalized spacial score (nSPS) is 12.4. The summed E-state index contributed by atoms with van der Waals surface area (Å²) in [6.45, 7) is 5.29. The molecule has 0 aliphatic heterocycles. The molecule has 0 saturated heterocycles. The van der Waals surface area contributed by atoms with Crippen molar-refractivity contribution in [3.8, 4) is 0 Å². The topological polar surface area (TPSA) is 109 Å². The summed E-state index contributed by atoms with van der Waals surface area (Å²) in [5, 5.41) is 10.6. The SMILES string of the molecule is CCC(CC)c1cc(CNC(=NC)NCc2cccc(CS(=O)(=O)NC)c2)on1. The highest BCUT2D eigenvalue weighted by molar-refractivity contribution is 7.88. The Morgan fingerprint density at radius 2 is 1.83 bits per heavy atom. The van der Waals surface area contributed by atoms with Gasteiger partial charge >= 0.3 is 0 Å². The zero-order valence-corrected chi connectivity index (χ0v) is 18.3. The van der Waals surface area contributed by atoms with Gasteiger partial charge in [0.15, 0.2) is 11.7 Å². The Kier molecular flexibility index (Phi) is 8.66. The molecule has 1 aromatic carbocycles. The number of benzene rings is 1. The Labute approximate surface area is 173 Å². The molecule has 2 rings (SSSR count). The van der Waals surface area contributed by atoms with Crippen molar-refractivity contribution < 1.29 is 12.9 Å². The summed E-state index contributed by atoms with van der Waals surface area (Å²) in [6, 6.07) is 9.44. The number of hydrogen-bond donors (Lipinski definition) is 3. The van der Waals surface area contributed by atoms with E-state index in [1.807, 2.05) is 24.3 Å². The fraction of sp³-hybridized carbons (Fsp3) is 0.500. The Morgan fingerprint density at radius 1 is 1.14 bits per heavy atom. The lowest BCUT2D eigenvalue weighted by atomic mass is 9.99. The Bertz CT molecular complexity index is 904. The maximum atomic E-state index is 11.7. The van der Waals surface area contributed by atoms with Crippen molar-refractivity contribution in [1.82, 2.24) is 20.5 Å². The molecule has 2 aromatic rings. The summed E-state index contributed by atoms with van der Waals surface area (Å²) in [4.78, 5) is 4.21. The molecular formula is C20H31N5O3S. The van der Waals surface area contributed by atoms with E-state index in [1.54, 1.807) is 13.1 Å². The Hall–Kier alpha value is -2.39. The van der Waals surface area contributed by atoms with Gasteiger partial charge in [-0.05, 0) is 31.0 Å². The van der Waals surface area contributed by atoms with Crippen molar-refractivity contribution in [2.24, 2.45) is 4.99 Å². The van der Waals surface area contributed by atoms with Crippen LogP contribution in [-0.4, -0.2) is 33.6 Å². The molecule has 9 heteroatoms. The van der Waals surface area contributed by atoms with Gasteiger partial charge in [-0.3, -0.25) is 4.99 Å². The van der Waals surface area contributed by atoms with Gasteiger partial charge in [0, 0.05) is 25.6 Å². The van der Waals surface area contributed by atoms with Crippen molar-refractivity contribution in [3.05, 3.63) is 52.9 Å². The summed E-state index contributed by atoms with van der Waals surface area (Å²) in [6.07, 6.45) is 2.07. The average molecular weight is 422 g/mol. The second kappa shape index (κ2) is 11.0. The van der Waals surface area contributed by atoms with E-state index in [0.29, 0.717) is 25.0 Å². The quantitative estimate of drug-likeness (QED) is 0.402. The first kappa shape index (κ1) is 22.9. The number of guanidine groups is 1. The van der Waals surface area contributed by atoms with Crippen LogP contribution in [0.4, 0.5) is 0 Å². The highest BCUT2D eigenvalue weighted by Gasteiger charge is 2.13. The van der Waals surface area contributed by atoms with Crippen LogP contribution in [0.2, 0.25) is 0 Å². The van der Waals surface area contributed by atoms with Gasteiger partial charge in [-0.25, -0.2) is 13.1 Å². The lowest BCUT2D eigenvalue weighted by Gasteiger charge is -2.11. The van der Waals surface area contributed by atoms with Gasteiger partial charge in [0.05, 0.1) is 18.0 Å². The lowest BCUT2D eigenvalue weighted by Crippen LogP contribution is -2.36. The van der Waals surface area contributed by atoms with E-state index in [-0.39, 0.29) is 5.75 Å². The lowest BCUT2D eigenvalue weighted by molar-refractivity contribution is 0.368. The van der Waals surface area contributed by atoms with Crippen LogP contribution < -0.4 is 15.4 Å². The summed E-state index contributed by atoms with van der Waals surface area (Å²) in [7, 11) is -0.185. The molecule has 0 radical (unpaired) electrons. The van der Waals surface area contributed by atoms with Crippen LogP contribution >= 0.6 is 0 Å². The fourth-order valence-corrected chi connectivity index (χ4v) is 3.77. The standard InChI is InChI=1S/C20H31N5O3S/c1-5-17(6-2)19-11-18(28-25-19)13-24-20(21-3)23-12-15-8-7-9-16(10-15)14-29(26,27)22-4/h7-11,17,22H,5-6,12-14H2,1-4H3,(H2,21,23,24). The number of nitrogens with one attached hydrogen (secondary N) is 3. The molecule has 0 atom stereocenters. The molecule has 0 saturated carbocycles. The van der Waals surface area contributed by atoms with Crippen LogP contribution in [0.3, 0.4) is 0 Å². The predicted molar refractivity (Wildman–Crippen MR) is 115 cm³/mol. The Morgan fingerprint density at radius 3 is 2.48 bits per heavy atom. The van der Waals surface area contributed by atoms with Crippen LogP contribution in [0.5, 0.6) is 0 Å². The van der Waals surface area contributed by atoms with Gasteiger partial charge in [-0.15, -0.1) is 0 Å². The van der Waals surface area contributed by atoms with Gasteiger partial charge in [0.1, 0.15) is 0 Å². The third kappa shape index (κ3) is 7.17. The molecule has 0 spiro atoms. The van der Waals surface area contributed by atoms with Crippen LogP contribution in [-0.2, 0) is 28.9 Å². The number of aromatic nitrogens is 1. The van der Waals surface area contributed by atoms with Crippen LogP contribution in [0, 0.1) is 0 Å². The first-order valence-corrected chi connectivity index (χ1v) is 11.4. The largest absolute Gasteiger partial charge is 0.359 e. The van der Waals surface area contributed by atoms with Crippen molar-refractivity contribution in [3.63, 3.8) is 0 Å². The maximum Gasteiger partial charge on any atom is 0.215 e. The number of rotatable bonds is 10. The highest BCUT2D eigenvalue weighted by atomic mass is 32.2. The average Bonchev–Trinajstić information content (AvgIpc) is 3.18. The molecule has 160 valence electrons. The fourth-order valence-electron chi connectivity index (χ4n) is 3.01. The van der Waals surface area contributed by atoms with Crippen LogP contribution in [0.1, 0.15) is 55.2 Å². The van der Waals surface area contributed by atoms with Crippen LogP contribution in [0.25, 0.3) is 0 Å². The van der Waals surface area contributed by atoms with E-state index >= 15 is 0 Å². The molecule has 1 aromatic heterocycles.